The van der Waals surface area contributed by atoms with Gasteiger partial charge in [-0.1, -0.05) is 22.6 Å². The van der Waals surface area contributed by atoms with Crippen molar-refractivity contribution in [1.29, 1.82) is 0 Å². The molecule has 0 saturated heterocycles. The summed E-state index contributed by atoms with van der Waals surface area (Å²) in [6.45, 7) is 1.01. The van der Waals surface area contributed by atoms with E-state index >= 15 is 0 Å². The molecule has 0 aliphatic carbocycles. The molecule has 15 heteroatoms. The molecule has 0 spiro atoms. The molecule has 0 radical (unpaired) electrons. The quantitative estimate of drug-likeness (QED) is 0.393. The zero-order valence-electron chi connectivity index (χ0n) is 18.1. The highest BCUT2D eigenvalue weighted by Crippen LogP contribution is 2.23. The number of amides is 1. The Hall–Kier alpha value is -3.49. The summed E-state index contributed by atoms with van der Waals surface area (Å²) in [4.78, 5) is 12.3. The van der Waals surface area contributed by atoms with Crippen LogP contribution in [-0.4, -0.2) is 56.9 Å². The van der Waals surface area contributed by atoms with Gasteiger partial charge in [-0.05, 0) is 30.5 Å². The van der Waals surface area contributed by atoms with Crippen molar-refractivity contribution in [3.8, 4) is 5.75 Å². The number of carbonyl (C=O) groups is 1. The molecule has 2 heterocycles. The fourth-order valence-electron chi connectivity index (χ4n) is 2.97. The Morgan fingerprint density at radius 3 is 2.44 bits per heavy atom. The summed E-state index contributed by atoms with van der Waals surface area (Å²) in [5.41, 5.74) is 0.883. The van der Waals surface area contributed by atoms with Crippen LogP contribution in [0.25, 0.3) is 0 Å². The van der Waals surface area contributed by atoms with E-state index in [1.165, 1.54) is 29.1 Å². The lowest BCUT2D eigenvalue weighted by Gasteiger charge is -2.10. The molecule has 0 fully saturated rings. The molecule has 2 aromatic heterocycles. The van der Waals surface area contributed by atoms with Crippen molar-refractivity contribution in [1.82, 2.24) is 35.3 Å². The van der Waals surface area contributed by atoms with E-state index in [4.69, 9.17) is 0 Å². The van der Waals surface area contributed by atoms with Gasteiger partial charge in [0.25, 0.3) is 5.91 Å². The van der Waals surface area contributed by atoms with Gasteiger partial charge in [0.15, 0.2) is 15.5 Å². The number of ether oxygens (including phenoxy) is 1. The molecule has 1 aromatic carbocycles. The highest BCUT2D eigenvalue weighted by Gasteiger charge is 2.31. The first kappa shape index (κ1) is 25.1. The van der Waals surface area contributed by atoms with Crippen molar-refractivity contribution >= 4 is 15.7 Å². The number of carbonyl (C=O) groups excluding carboxylic acids is 1. The summed E-state index contributed by atoms with van der Waals surface area (Å²) in [6, 6.07) is 5.30. The molecule has 184 valence electrons. The first-order valence-corrected chi connectivity index (χ1v) is 12.1. The number of unbranched alkanes of at least 4 members (excludes halogenated alkanes) is 1. The van der Waals surface area contributed by atoms with Gasteiger partial charge < -0.3 is 10.1 Å². The van der Waals surface area contributed by atoms with Crippen molar-refractivity contribution in [3.05, 3.63) is 53.6 Å². The third-order valence-corrected chi connectivity index (χ3v) is 5.20. The molecule has 3 aromatic rings. The maximum absolute atomic E-state index is 12.3. The largest absolute Gasteiger partial charge is 0.573 e. The maximum atomic E-state index is 12.3. The van der Waals surface area contributed by atoms with Crippen LogP contribution in [0.1, 0.15) is 34.6 Å². The predicted molar refractivity (Wildman–Crippen MR) is 112 cm³/mol. The molecule has 3 rings (SSSR count). The second-order valence-corrected chi connectivity index (χ2v) is 9.64. The molecule has 0 aliphatic heterocycles. The highest BCUT2D eigenvalue weighted by molar-refractivity contribution is 7.89. The first-order valence-electron chi connectivity index (χ1n) is 10.1. The SMILES string of the molecule is CS(=O)(=O)Cc1cn(CCCCn2cc(C(=O)NCc3cccc(OC(F)(F)F)c3)nn2)nn1. The standard InChI is InChI=1S/C19H22F3N7O4S/c1-34(31,32)13-15-11-28(26-24-15)7-2-3-8-29-12-17(25-27-29)18(30)23-10-14-5-4-6-16(9-14)33-19(20,21)22/h4-6,9,11-12H,2-3,7-8,10,13H2,1H3,(H,23,30). The van der Waals surface area contributed by atoms with E-state index in [1.807, 2.05) is 0 Å². The molecule has 0 saturated carbocycles. The number of rotatable bonds is 11. The average Bonchev–Trinajstić information content (AvgIpc) is 3.37. The van der Waals surface area contributed by atoms with Crippen molar-refractivity contribution in [2.24, 2.45) is 0 Å². The molecule has 11 nitrogen and oxygen atoms in total. The van der Waals surface area contributed by atoms with Gasteiger partial charge >= 0.3 is 6.36 Å². The minimum Gasteiger partial charge on any atom is -0.406 e. The van der Waals surface area contributed by atoms with Crippen LogP contribution in [0.3, 0.4) is 0 Å². The normalized spacial score (nSPS) is 12.0. The number of hydrogen-bond donors (Lipinski definition) is 1. The Labute approximate surface area is 192 Å². The van der Waals surface area contributed by atoms with Crippen LogP contribution in [-0.2, 0) is 35.2 Å². The topological polar surface area (TPSA) is 134 Å². The van der Waals surface area contributed by atoms with Gasteiger partial charge in [0.2, 0.25) is 0 Å². The Morgan fingerprint density at radius 1 is 1.09 bits per heavy atom. The van der Waals surface area contributed by atoms with Gasteiger partial charge in [-0.25, -0.2) is 8.42 Å². The summed E-state index contributed by atoms with van der Waals surface area (Å²) in [5, 5.41) is 18.0. The summed E-state index contributed by atoms with van der Waals surface area (Å²) in [5.74, 6) is -1.05. The lowest BCUT2D eigenvalue weighted by atomic mass is 10.2. The average molecular weight is 501 g/mol. The van der Waals surface area contributed by atoms with E-state index < -0.39 is 22.1 Å². The van der Waals surface area contributed by atoms with Crippen LogP contribution in [0.15, 0.2) is 36.7 Å². The zero-order valence-corrected chi connectivity index (χ0v) is 18.9. The summed E-state index contributed by atoms with van der Waals surface area (Å²) < 4.78 is 66.5. The number of halogens is 3. The first-order chi connectivity index (χ1) is 16.0. The minimum absolute atomic E-state index is 0.0139. The van der Waals surface area contributed by atoms with E-state index in [1.54, 1.807) is 16.9 Å². The van der Waals surface area contributed by atoms with Crippen molar-refractivity contribution in [3.63, 3.8) is 0 Å². The van der Waals surface area contributed by atoms with Gasteiger partial charge in [-0.2, -0.15) is 0 Å². The molecule has 0 aliphatic rings. The highest BCUT2D eigenvalue weighted by atomic mass is 32.2. The number of hydrogen-bond acceptors (Lipinski definition) is 8. The molecular weight excluding hydrogens is 479 g/mol. The van der Waals surface area contributed by atoms with Crippen LogP contribution in [0.5, 0.6) is 5.75 Å². The van der Waals surface area contributed by atoms with E-state index in [9.17, 15) is 26.4 Å². The van der Waals surface area contributed by atoms with Gasteiger partial charge in [-0.15, -0.1) is 23.4 Å². The number of aromatic nitrogens is 6. The number of nitrogens with zero attached hydrogens (tertiary/aromatic N) is 6. The number of sulfone groups is 1. The van der Waals surface area contributed by atoms with Gasteiger partial charge in [0, 0.05) is 32.1 Å². The van der Waals surface area contributed by atoms with Crippen LogP contribution in [0.4, 0.5) is 13.2 Å². The van der Waals surface area contributed by atoms with Crippen molar-refractivity contribution in [2.45, 2.75) is 44.6 Å². The third-order valence-electron chi connectivity index (χ3n) is 4.38. The van der Waals surface area contributed by atoms with E-state index in [2.05, 4.69) is 30.7 Å². The third kappa shape index (κ3) is 8.46. The summed E-state index contributed by atoms with van der Waals surface area (Å²) in [6.07, 6.45) is 0.791. The van der Waals surface area contributed by atoms with Crippen LogP contribution in [0.2, 0.25) is 0 Å². The molecule has 1 amide bonds. The van der Waals surface area contributed by atoms with E-state index in [0.717, 1.165) is 6.26 Å². The number of benzene rings is 1. The van der Waals surface area contributed by atoms with Gasteiger partial charge in [0.1, 0.15) is 5.75 Å². The molecule has 0 unspecified atom stereocenters. The second kappa shape index (κ2) is 10.6. The summed E-state index contributed by atoms with van der Waals surface area (Å²) in [7, 11) is -3.17. The molecule has 34 heavy (non-hydrogen) atoms. The molecule has 0 atom stereocenters. The number of nitrogens with one attached hydrogen (secondary N) is 1. The smallest absolute Gasteiger partial charge is 0.406 e. The van der Waals surface area contributed by atoms with Crippen LogP contribution < -0.4 is 10.1 Å². The number of alkyl halides is 3. The monoisotopic (exact) mass is 501 g/mol. The predicted octanol–water partition coefficient (Wildman–Crippen LogP) is 1.72. The Balaban J connectivity index is 1.42. The van der Waals surface area contributed by atoms with E-state index in [0.29, 0.717) is 37.2 Å². The maximum Gasteiger partial charge on any atom is 0.573 e. The Bertz CT molecular complexity index is 1220. The minimum atomic E-state index is -4.79. The van der Waals surface area contributed by atoms with Crippen LogP contribution in [0, 0.1) is 0 Å². The zero-order chi connectivity index (χ0) is 24.8. The Kier molecular flexibility index (Phi) is 7.86. The number of aryl methyl sites for hydroxylation is 2. The Morgan fingerprint density at radius 2 is 1.76 bits per heavy atom. The van der Waals surface area contributed by atoms with Gasteiger partial charge in [-0.3, -0.25) is 14.2 Å². The van der Waals surface area contributed by atoms with Crippen LogP contribution >= 0.6 is 0 Å². The summed E-state index contributed by atoms with van der Waals surface area (Å²) >= 11 is 0. The van der Waals surface area contributed by atoms with Gasteiger partial charge in [0.05, 0.1) is 17.6 Å². The van der Waals surface area contributed by atoms with E-state index in [-0.39, 0.29) is 23.7 Å². The van der Waals surface area contributed by atoms with Crippen molar-refractivity contribution in [2.75, 3.05) is 6.26 Å². The lowest BCUT2D eigenvalue weighted by molar-refractivity contribution is -0.274. The fraction of sp³-hybridized carbons (Fsp3) is 0.421. The lowest BCUT2D eigenvalue weighted by Crippen LogP contribution is -2.23. The fourth-order valence-corrected chi connectivity index (χ4v) is 3.64. The second-order valence-electron chi connectivity index (χ2n) is 7.49. The van der Waals surface area contributed by atoms with Crippen molar-refractivity contribution < 1.29 is 31.1 Å². The molecular formula is C19H22F3N7O4S. The molecule has 1 N–H and O–H groups in total. The molecule has 0 bridgehead atoms.